The average Bonchev–Trinajstić information content (AvgIpc) is 2.47. The van der Waals surface area contributed by atoms with Crippen molar-refractivity contribution in [2.45, 2.75) is 115 Å². The van der Waals surface area contributed by atoms with E-state index in [9.17, 15) is 4.79 Å². The van der Waals surface area contributed by atoms with Crippen molar-refractivity contribution in [2.24, 2.45) is 39.2 Å². The highest BCUT2D eigenvalue weighted by atomic mass is 16.1. The van der Waals surface area contributed by atoms with Crippen molar-refractivity contribution < 1.29 is 4.79 Å². The number of hydrogen-bond donors (Lipinski definition) is 1. The maximum Gasteiger partial charge on any atom is 0.221 e. The third-order valence-electron chi connectivity index (χ3n) is 7.62. The summed E-state index contributed by atoms with van der Waals surface area (Å²) in [5.74, 6) is 0.232. The van der Waals surface area contributed by atoms with Gasteiger partial charge in [-0.1, -0.05) is 102 Å². The second-order valence-corrected chi connectivity index (χ2v) is 11.7. The summed E-state index contributed by atoms with van der Waals surface area (Å²) in [6, 6.07) is 0. The van der Waals surface area contributed by atoms with E-state index in [1.807, 2.05) is 0 Å². The first-order chi connectivity index (χ1) is 11.5. The van der Waals surface area contributed by atoms with E-state index in [1.54, 1.807) is 0 Å². The van der Waals surface area contributed by atoms with Crippen molar-refractivity contribution >= 4 is 5.91 Å². The lowest BCUT2D eigenvalue weighted by molar-refractivity contribution is -0.135. The molecule has 0 fully saturated rings. The summed E-state index contributed by atoms with van der Waals surface area (Å²) in [6.45, 7) is 25.3. The van der Waals surface area contributed by atoms with Gasteiger partial charge in [-0.25, -0.2) is 0 Å². The van der Waals surface area contributed by atoms with Crippen molar-refractivity contribution in [2.75, 3.05) is 0 Å². The van der Waals surface area contributed by atoms with Crippen LogP contribution in [0.4, 0.5) is 0 Å². The molecule has 0 radical (unpaired) electrons. The van der Waals surface area contributed by atoms with Crippen LogP contribution in [0, 0.1) is 33.5 Å². The molecular formula is C24H49NO. The number of carbonyl (C=O) groups is 1. The zero-order chi connectivity index (χ0) is 21.0. The van der Waals surface area contributed by atoms with Gasteiger partial charge in [0.25, 0.3) is 0 Å². The van der Waals surface area contributed by atoms with Crippen molar-refractivity contribution in [3.63, 3.8) is 0 Å². The van der Waals surface area contributed by atoms with Crippen molar-refractivity contribution in [1.29, 1.82) is 0 Å². The number of hydrogen-bond acceptors (Lipinski definition) is 1. The quantitative estimate of drug-likeness (QED) is 0.385. The second-order valence-electron chi connectivity index (χ2n) is 11.7. The molecule has 0 aromatic rings. The van der Waals surface area contributed by atoms with Crippen LogP contribution in [-0.2, 0) is 4.79 Å². The smallest absolute Gasteiger partial charge is 0.221 e. The second kappa shape index (κ2) is 9.11. The molecule has 2 nitrogen and oxygen atoms in total. The normalized spacial score (nSPS) is 16.4. The molecule has 26 heavy (non-hydrogen) atoms. The van der Waals surface area contributed by atoms with Crippen LogP contribution in [-0.4, -0.2) is 5.91 Å². The minimum absolute atomic E-state index is 0.00615. The van der Waals surface area contributed by atoms with E-state index < -0.39 is 0 Å². The number of rotatable bonds is 11. The first-order valence-electron chi connectivity index (χ1n) is 10.8. The minimum atomic E-state index is -0.160. The van der Waals surface area contributed by atoms with E-state index in [0.29, 0.717) is 5.92 Å². The molecule has 156 valence electrons. The number of carbonyl (C=O) groups excluding carboxylic acids is 1. The van der Waals surface area contributed by atoms with Gasteiger partial charge in [0, 0.05) is 5.92 Å². The average molecular weight is 368 g/mol. The monoisotopic (exact) mass is 367 g/mol. The molecule has 0 aliphatic carbocycles. The van der Waals surface area contributed by atoms with Crippen LogP contribution >= 0.6 is 0 Å². The molecule has 0 aromatic carbocycles. The van der Waals surface area contributed by atoms with Gasteiger partial charge in [-0.05, 0) is 40.4 Å². The predicted molar refractivity (Wildman–Crippen MR) is 116 cm³/mol. The maximum atomic E-state index is 12.4. The van der Waals surface area contributed by atoms with Crippen molar-refractivity contribution in [1.82, 2.24) is 0 Å². The van der Waals surface area contributed by atoms with Gasteiger partial charge in [0.2, 0.25) is 5.91 Å². The molecule has 2 atom stereocenters. The van der Waals surface area contributed by atoms with Gasteiger partial charge in [-0.2, -0.15) is 0 Å². The topological polar surface area (TPSA) is 43.1 Å². The van der Waals surface area contributed by atoms with Gasteiger partial charge in [0.1, 0.15) is 0 Å². The molecular weight excluding hydrogens is 318 g/mol. The van der Waals surface area contributed by atoms with Crippen LogP contribution in [0.15, 0.2) is 0 Å². The standard InChI is InChI=1S/C24H49NO/c1-12-13-14-15-16-22(6,7)18(2)23(8,9)24(10,11)19(20(25)26)17-21(3,4)5/h18-19H,12-17H2,1-11H3,(H2,25,26). The lowest BCUT2D eigenvalue weighted by atomic mass is 9.50. The van der Waals surface area contributed by atoms with Gasteiger partial charge >= 0.3 is 0 Å². The number of unbranched alkanes of at least 4 members (excludes halogenated alkanes) is 3. The summed E-state index contributed by atoms with van der Waals surface area (Å²) < 4.78 is 0. The Labute approximate surface area is 165 Å². The van der Waals surface area contributed by atoms with Crippen LogP contribution in [0.5, 0.6) is 0 Å². The molecule has 2 N–H and O–H groups in total. The fraction of sp³-hybridized carbons (Fsp3) is 0.958. The van der Waals surface area contributed by atoms with Crippen LogP contribution in [0.3, 0.4) is 0 Å². The summed E-state index contributed by atoms with van der Waals surface area (Å²) in [5.41, 5.74) is 6.09. The van der Waals surface area contributed by atoms with Gasteiger partial charge in [0.15, 0.2) is 0 Å². The van der Waals surface area contributed by atoms with Gasteiger partial charge in [-0.15, -0.1) is 0 Å². The third kappa shape index (κ3) is 6.57. The molecule has 1 amide bonds. The highest BCUT2D eigenvalue weighted by molar-refractivity contribution is 5.77. The Morgan fingerprint density at radius 3 is 1.73 bits per heavy atom. The molecule has 0 aliphatic heterocycles. The Bertz CT molecular complexity index is 440. The zero-order valence-electron chi connectivity index (χ0n) is 19.9. The van der Waals surface area contributed by atoms with Gasteiger partial charge < -0.3 is 5.73 Å². The van der Waals surface area contributed by atoms with E-state index >= 15 is 0 Å². The Balaban J connectivity index is 5.53. The first kappa shape index (κ1) is 25.5. The summed E-state index contributed by atoms with van der Waals surface area (Å²) in [6.07, 6.45) is 7.31. The predicted octanol–water partition coefficient (Wildman–Crippen LogP) is 7.21. The van der Waals surface area contributed by atoms with Gasteiger partial charge in [-0.3, -0.25) is 4.79 Å². The number of primary amides is 1. The summed E-state index contributed by atoms with van der Waals surface area (Å²) in [7, 11) is 0. The molecule has 0 heterocycles. The molecule has 0 aromatic heterocycles. The van der Waals surface area contributed by atoms with Gasteiger partial charge in [0.05, 0.1) is 0 Å². The highest BCUT2D eigenvalue weighted by Crippen LogP contribution is 2.56. The summed E-state index contributed by atoms with van der Waals surface area (Å²) in [4.78, 5) is 12.4. The van der Waals surface area contributed by atoms with E-state index in [0.717, 1.165) is 6.42 Å². The zero-order valence-corrected chi connectivity index (χ0v) is 19.9. The van der Waals surface area contributed by atoms with Crippen LogP contribution in [0.25, 0.3) is 0 Å². The minimum Gasteiger partial charge on any atom is -0.369 e. The molecule has 0 spiro atoms. The largest absolute Gasteiger partial charge is 0.369 e. The van der Waals surface area contributed by atoms with Crippen LogP contribution < -0.4 is 5.73 Å². The molecule has 0 bridgehead atoms. The molecule has 0 saturated carbocycles. The van der Waals surface area contributed by atoms with Crippen molar-refractivity contribution in [3.8, 4) is 0 Å². The molecule has 0 aliphatic rings. The SMILES string of the molecule is CCCCCCC(C)(C)C(C)C(C)(C)C(C)(C)C(CC(C)(C)C)C(N)=O. The highest BCUT2D eigenvalue weighted by Gasteiger charge is 2.51. The fourth-order valence-electron chi connectivity index (χ4n) is 4.53. The molecule has 2 unspecified atom stereocenters. The van der Waals surface area contributed by atoms with E-state index in [2.05, 4.69) is 76.2 Å². The van der Waals surface area contributed by atoms with Crippen molar-refractivity contribution in [3.05, 3.63) is 0 Å². The Kier molecular flexibility index (Phi) is 8.92. The maximum absolute atomic E-state index is 12.4. The number of amides is 1. The Hall–Kier alpha value is -0.530. The molecule has 2 heteroatoms. The first-order valence-corrected chi connectivity index (χ1v) is 10.8. The number of nitrogens with two attached hydrogens (primary N) is 1. The fourth-order valence-corrected chi connectivity index (χ4v) is 4.53. The van der Waals surface area contributed by atoms with Crippen LogP contribution in [0.2, 0.25) is 0 Å². The van der Waals surface area contributed by atoms with E-state index in [-0.39, 0.29) is 33.5 Å². The Morgan fingerprint density at radius 1 is 0.846 bits per heavy atom. The van der Waals surface area contributed by atoms with E-state index in [1.165, 1.54) is 32.1 Å². The molecule has 0 saturated heterocycles. The Morgan fingerprint density at radius 2 is 1.35 bits per heavy atom. The summed E-state index contributed by atoms with van der Waals surface area (Å²) >= 11 is 0. The lowest BCUT2D eigenvalue weighted by Crippen LogP contribution is -2.51. The van der Waals surface area contributed by atoms with Crippen LogP contribution in [0.1, 0.15) is 115 Å². The lowest BCUT2D eigenvalue weighted by Gasteiger charge is -2.54. The third-order valence-corrected chi connectivity index (χ3v) is 7.62. The molecule has 0 rings (SSSR count). The van der Waals surface area contributed by atoms with E-state index in [4.69, 9.17) is 5.73 Å². The summed E-state index contributed by atoms with van der Waals surface area (Å²) in [5, 5.41) is 0.